The van der Waals surface area contributed by atoms with Gasteiger partial charge in [-0.3, -0.25) is 9.10 Å². The molecule has 0 aliphatic heterocycles. The van der Waals surface area contributed by atoms with Gasteiger partial charge >= 0.3 is 0 Å². The predicted molar refractivity (Wildman–Crippen MR) is 99.4 cm³/mol. The fourth-order valence-corrected chi connectivity index (χ4v) is 3.68. The Hall–Kier alpha value is -2.61. The van der Waals surface area contributed by atoms with E-state index in [0.717, 1.165) is 16.6 Å². The highest BCUT2D eigenvalue weighted by Gasteiger charge is 2.29. The van der Waals surface area contributed by atoms with E-state index in [2.05, 4.69) is 5.32 Å². The van der Waals surface area contributed by atoms with Gasteiger partial charge in [-0.05, 0) is 44.2 Å². The van der Waals surface area contributed by atoms with Crippen LogP contribution in [0.5, 0.6) is 5.75 Å². The lowest BCUT2D eigenvalue weighted by atomic mass is 10.2. The molecule has 26 heavy (non-hydrogen) atoms. The number of carbonyl (C=O) groups excluding carboxylic acids is 1. The number of nitrogens with one attached hydrogen (secondary N) is 1. The van der Waals surface area contributed by atoms with Crippen LogP contribution in [-0.2, 0) is 14.8 Å². The minimum atomic E-state index is -3.82. The minimum Gasteiger partial charge on any atom is -0.492 e. The maximum absolute atomic E-state index is 13.5. The molecule has 0 aliphatic carbocycles. The molecule has 0 spiro atoms. The van der Waals surface area contributed by atoms with Crippen LogP contribution in [0.15, 0.2) is 48.5 Å². The van der Waals surface area contributed by atoms with Crippen molar-refractivity contribution in [2.75, 3.05) is 22.5 Å². The number of benzene rings is 2. The number of nitrogens with zero attached hydrogens (tertiary/aromatic N) is 1. The van der Waals surface area contributed by atoms with Crippen LogP contribution >= 0.6 is 0 Å². The number of ether oxygens (including phenoxy) is 1. The molecule has 1 N–H and O–H groups in total. The summed E-state index contributed by atoms with van der Waals surface area (Å²) in [5.74, 6) is -0.676. The number of amides is 1. The van der Waals surface area contributed by atoms with E-state index >= 15 is 0 Å². The third-order valence-corrected chi connectivity index (χ3v) is 4.84. The van der Waals surface area contributed by atoms with Gasteiger partial charge in [0.1, 0.15) is 17.6 Å². The van der Waals surface area contributed by atoms with E-state index in [4.69, 9.17) is 4.74 Å². The number of anilines is 2. The molecular weight excluding hydrogens is 359 g/mol. The number of rotatable bonds is 7. The third kappa shape index (κ3) is 4.72. The Balaban J connectivity index is 2.32. The van der Waals surface area contributed by atoms with Crippen LogP contribution in [0.4, 0.5) is 15.8 Å². The maximum atomic E-state index is 13.5. The van der Waals surface area contributed by atoms with Crippen LogP contribution in [0.25, 0.3) is 0 Å². The zero-order valence-corrected chi connectivity index (χ0v) is 15.6. The second-order valence-corrected chi connectivity index (χ2v) is 7.49. The van der Waals surface area contributed by atoms with Crippen molar-refractivity contribution in [1.82, 2.24) is 0 Å². The van der Waals surface area contributed by atoms with E-state index in [9.17, 15) is 17.6 Å². The zero-order valence-electron chi connectivity index (χ0n) is 14.8. The molecule has 2 rings (SSSR count). The van der Waals surface area contributed by atoms with Gasteiger partial charge in [0.2, 0.25) is 15.9 Å². The lowest BCUT2D eigenvalue weighted by molar-refractivity contribution is -0.116. The van der Waals surface area contributed by atoms with Gasteiger partial charge in [-0.2, -0.15) is 0 Å². The quantitative estimate of drug-likeness (QED) is 0.801. The highest BCUT2D eigenvalue weighted by molar-refractivity contribution is 7.92. The number of hydrogen-bond acceptors (Lipinski definition) is 4. The number of para-hydroxylation sites is 2. The number of sulfonamides is 1. The molecule has 6 nitrogen and oxygen atoms in total. The first-order chi connectivity index (χ1) is 12.2. The Labute approximate surface area is 152 Å². The van der Waals surface area contributed by atoms with Gasteiger partial charge in [-0.15, -0.1) is 0 Å². The molecule has 0 fully saturated rings. The molecule has 2 aromatic rings. The van der Waals surface area contributed by atoms with Gasteiger partial charge in [0.15, 0.2) is 0 Å². The standard InChI is InChI=1S/C18H21FN2O4S/c1-4-25-17-11-6-5-10-16(17)20-18(22)13(2)21(26(3,23)24)15-9-7-8-14(19)12-15/h5-13H,4H2,1-3H3,(H,20,22)/t13-/m0/s1. The van der Waals surface area contributed by atoms with Crippen LogP contribution in [0.1, 0.15) is 13.8 Å². The maximum Gasteiger partial charge on any atom is 0.248 e. The van der Waals surface area contributed by atoms with E-state index in [1.165, 1.54) is 25.1 Å². The number of halogens is 1. The van der Waals surface area contributed by atoms with Crippen LogP contribution in [-0.4, -0.2) is 33.2 Å². The van der Waals surface area contributed by atoms with Gasteiger partial charge in [0.05, 0.1) is 24.2 Å². The summed E-state index contributed by atoms with van der Waals surface area (Å²) in [6.07, 6.45) is 0.968. The molecule has 0 radical (unpaired) electrons. The summed E-state index contributed by atoms with van der Waals surface area (Å²) in [6.45, 7) is 3.67. The summed E-state index contributed by atoms with van der Waals surface area (Å²) >= 11 is 0. The number of carbonyl (C=O) groups is 1. The van der Waals surface area contributed by atoms with Crippen molar-refractivity contribution in [2.24, 2.45) is 0 Å². The monoisotopic (exact) mass is 380 g/mol. The van der Waals surface area contributed by atoms with Crippen LogP contribution < -0.4 is 14.4 Å². The molecule has 0 saturated heterocycles. The predicted octanol–water partition coefficient (Wildman–Crippen LogP) is 3.02. The van der Waals surface area contributed by atoms with Crippen LogP contribution in [0.2, 0.25) is 0 Å². The number of hydrogen-bond donors (Lipinski definition) is 1. The molecule has 1 amide bonds. The normalized spacial score (nSPS) is 12.3. The largest absolute Gasteiger partial charge is 0.492 e. The van der Waals surface area contributed by atoms with Crippen molar-refractivity contribution < 1.29 is 22.3 Å². The lowest BCUT2D eigenvalue weighted by Gasteiger charge is -2.28. The van der Waals surface area contributed by atoms with Crippen molar-refractivity contribution in [3.63, 3.8) is 0 Å². The topological polar surface area (TPSA) is 75.7 Å². The third-order valence-electron chi connectivity index (χ3n) is 3.60. The van der Waals surface area contributed by atoms with Gasteiger partial charge in [0.25, 0.3) is 0 Å². The minimum absolute atomic E-state index is 0.0771. The van der Waals surface area contributed by atoms with E-state index < -0.39 is 27.8 Å². The van der Waals surface area contributed by atoms with Crippen molar-refractivity contribution in [3.05, 3.63) is 54.3 Å². The van der Waals surface area contributed by atoms with E-state index in [0.29, 0.717) is 18.0 Å². The van der Waals surface area contributed by atoms with Crippen LogP contribution in [0.3, 0.4) is 0 Å². The van der Waals surface area contributed by atoms with Gasteiger partial charge in [-0.1, -0.05) is 18.2 Å². The molecule has 0 saturated carbocycles. The molecule has 1 atom stereocenters. The molecule has 0 unspecified atom stereocenters. The molecule has 8 heteroatoms. The fourth-order valence-electron chi connectivity index (χ4n) is 2.51. The Morgan fingerprint density at radius 2 is 1.92 bits per heavy atom. The fraction of sp³-hybridized carbons (Fsp3) is 0.278. The Bertz CT molecular complexity index is 886. The van der Waals surface area contributed by atoms with Gasteiger partial charge < -0.3 is 10.1 Å². The van der Waals surface area contributed by atoms with E-state index in [1.807, 2.05) is 6.92 Å². The SMILES string of the molecule is CCOc1ccccc1NC(=O)[C@H](C)N(c1cccc(F)c1)S(C)(=O)=O. The molecule has 2 aromatic carbocycles. The van der Waals surface area contributed by atoms with Crippen LogP contribution in [0, 0.1) is 5.82 Å². The summed E-state index contributed by atoms with van der Waals surface area (Å²) < 4.78 is 44.3. The first kappa shape index (κ1) is 19.7. The summed E-state index contributed by atoms with van der Waals surface area (Å²) in [4.78, 5) is 12.6. The lowest BCUT2D eigenvalue weighted by Crippen LogP contribution is -2.45. The van der Waals surface area contributed by atoms with Crippen molar-refractivity contribution in [2.45, 2.75) is 19.9 Å². The molecule has 0 heterocycles. The smallest absolute Gasteiger partial charge is 0.248 e. The average molecular weight is 380 g/mol. The molecule has 0 bridgehead atoms. The summed E-state index contributed by atoms with van der Waals surface area (Å²) in [5.41, 5.74) is 0.507. The molecule has 140 valence electrons. The first-order valence-electron chi connectivity index (χ1n) is 8.01. The second kappa shape index (κ2) is 8.18. The van der Waals surface area contributed by atoms with Crippen molar-refractivity contribution >= 4 is 27.3 Å². The molecule has 0 aromatic heterocycles. The molecule has 0 aliphatic rings. The van der Waals surface area contributed by atoms with Crippen molar-refractivity contribution in [1.29, 1.82) is 0 Å². The van der Waals surface area contributed by atoms with Crippen molar-refractivity contribution in [3.8, 4) is 5.75 Å². The zero-order chi connectivity index (χ0) is 19.3. The Morgan fingerprint density at radius 3 is 2.54 bits per heavy atom. The molecular formula is C18H21FN2O4S. The van der Waals surface area contributed by atoms with E-state index in [-0.39, 0.29) is 5.69 Å². The van der Waals surface area contributed by atoms with Gasteiger partial charge in [0, 0.05) is 0 Å². The second-order valence-electron chi connectivity index (χ2n) is 5.63. The summed E-state index contributed by atoms with van der Waals surface area (Å²) in [6, 6.07) is 10.8. The van der Waals surface area contributed by atoms with Gasteiger partial charge in [-0.25, -0.2) is 12.8 Å². The highest BCUT2D eigenvalue weighted by atomic mass is 32.2. The summed E-state index contributed by atoms with van der Waals surface area (Å²) in [5, 5.41) is 2.67. The van der Waals surface area contributed by atoms with E-state index in [1.54, 1.807) is 24.3 Å². The summed E-state index contributed by atoms with van der Waals surface area (Å²) in [7, 11) is -3.82. The average Bonchev–Trinajstić information content (AvgIpc) is 2.55. The Morgan fingerprint density at radius 1 is 1.23 bits per heavy atom. The first-order valence-corrected chi connectivity index (χ1v) is 9.86. The Kier molecular flexibility index (Phi) is 6.20. The highest BCUT2D eigenvalue weighted by Crippen LogP contribution is 2.26.